The first-order valence-corrected chi connectivity index (χ1v) is 11.6. The Bertz CT molecular complexity index is 1470. The van der Waals surface area contributed by atoms with E-state index >= 15 is 0 Å². The first-order valence-electron chi connectivity index (χ1n) is 11.6. The normalized spacial score (nSPS) is 16.4. The highest BCUT2D eigenvalue weighted by molar-refractivity contribution is 6.07. The maximum Gasteiger partial charge on any atom is 0.213 e. The predicted octanol–water partition coefficient (Wildman–Crippen LogP) is 6.10. The number of rotatable bonds is 5. The number of hydrogen-bond donors (Lipinski definition) is 0. The van der Waals surface area contributed by atoms with E-state index in [0.717, 1.165) is 58.1 Å². The quantitative estimate of drug-likeness (QED) is 0.321. The number of aromatic nitrogens is 4. The van der Waals surface area contributed by atoms with Crippen molar-refractivity contribution in [1.82, 2.24) is 19.3 Å². The summed E-state index contributed by atoms with van der Waals surface area (Å²) in [7, 11) is 0. The topological polar surface area (TPSA) is 54.1 Å². The van der Waals surface area contributed by atoms with Gasteiger partial charge in [0.25, 0.3) is 0 Å². The summed E-state index contributed by atoms with van der Waals surface area (Å²) in [4.78, 5) is 4.70. The van der Waals surface area contributed by atoms with Gasteiger partial charge in [-0.25, -0.2) is 14.1 Å². The Morgan fingerprint density at radius 1 is 1.06 bits per heavy atom. The van der Waals surface area contributed by atoms with Crippen molar-refractivity contribution in [2.75, 3.05) is 6.61 Å². The maximum atomic E-state index is 14.3. The smallest absolute Gasteiger partial charge is 0.213 e. The number of fused-ring (bicyclic) bond motifs is 3. The second-order valence-electron chi connectivity index (χ2n) is 8.67. The summed E-state index contributed by atoms with van der Waals surface area (Å²) in [5.74, 6) is 0.290. The highest BCUT2D eigenvalue weighted by Gasteiger charge is 2.24. The van der Waals surface area contributed by atoms with E-state index in [4.69, 9.17) is 14.5 Å². The standard InChI is InChI=1S/C27H25FN4O2/c1-18-22(12-13-25(30-18)34-17-19-7-3-2-4-8-19)31-23-11-10-20(28)15-21(23)27-24(31)16-29-32(27)26-9-5-6-14-33-26/h2-4,7-8,10-13,15-16,26H,5-6,9,14,17H2,1H3. The molecular formula is C27H25FN4O2. The van der Waals surface area contributed by atoms with Crippen LogP contribution in [0.5, 0.6) is 5.88 Å². The van der Waals surface area contributed by atoms with E-state index in [0.29, 0.717) is 19.1 Å². The van der Waals surface area contributed by atoms with Gasteiger partial charge < -0.3 is 14.0 Å². The molecule has 0 N–H and O–H groups in total. The van der Waals surface area contributed by atoms with E-state index in [9.17, 15) is 4.39 Å². The van der Waals surface area contributed by atoms with Crippen molar-refractivity contribution in [3.05, 3.63) is 83.9 Å². The molecule has 1 saturated heterocycles. The zero-order valence-corrected chi connectivity index (χ0v) is 18.9. The second-order valence-corrected chi connectivity index (χ2v) is 8.67. The highest BCUT2D eigenvalue weighted by atomic mass is 19.1. The zero-order chi connectivity index (χ0) is 23.1. The van der Waals surface area contributed by atoms with Gasteiger partial charge in [-0.3, -0.25) is 0 Å². The molecule has 7 heteroatoms. The minimum absolute atomic E-state index is 0.137. The Hall–Kier alpha value is -3.71. The SMILES string of the molecule is Cc1nc(OCc2ccccc2)ccc1-n1c2ccc(F)cc2c2c1cnn2C1CCCCO1. The van der Waals surface area contributed by atoms with Crippen LogP contribution in [0.1, 0.15) is 36.7 Å². The Balaban J connectivity index is 1.43. The number of hydrogen-bond acceptors (Lipinski definition) is 4. The van der Waals surface area contributed by atoms with Gasteiger partial charge in [-0.1, -0.05) is 30.3 Å². The average molecular weight is 457 g/mol. The average Bonchev–Trinajstić information content (AvgIpc) is 3.43. The number of nitrogens with zero attached hydrogens (tertiary/aromatic N) is 4. The summed E-state index contributed by atoms with van der Waals surface area (Å²) < 4.78 is 30.2. The highest BCUT2D eigenvalue weighted by Crippen LogP contribution is 2.36. The molecule has 6 nitrogen and oxygen atoms in total. The lowest BCUT2D eigenvalue weighted by Gasteiger charge is -2.23. The summed E-state index contributed by atoms with van der Waals surface area (Å²) in [6.45, 7) is 3.13. The van der Waals surface area contributed by atoms with Gasteiger partial charge in [-0.2, -0.15) is 5.10 Å². The van der Waals surface area contributed by atoms with Gasteiger partial charge >= 0.3 is 0 Å². The number of aryl methyl sites for hydroxylation is 1. The lowest BCUT2D eigenvalue weighted by atomic mass is 10.2. The lowest BCUT2D eigenvalue weighted by molar-refractivity contribution is -0.0365. The molecule has 0 spiro atoms. The van der Waals surface area contributed by atoms with Gasteiger partial charge in [0.2, 0.25) is 5.88 Å². The van der Waals surface area contributed by atoms with Crippen LogP contribution in [0.3, 0.4) is 0 Å². The molecule has 0 saturated carbocycles. The molecule has 1 fully saturated rings. The molecule has 0 aliphatic carbocycles. The second kappa shape index (κ2) is 8.57. The fourth-order valence-corrected chi connectivity index (χ4v) is 4.77. The Morgan fingerprint density at radius 3 is 2.74 bits per heavy atom. The molecule has 3 aromatic heterocycles. The van der Waals surface area contributed by atoms with Crippen LogP contribution < -0.4 is 4.74 Å². The third kappa shape index (κ3) is 3.62. The fraction of sp³-hybridized carbons (Fsp3) is 0.259. The van der Waals surface area contributed by atoms with Crippen LogP contribution in [0.4, 0.5) is 4.39 Å². The maximum absolute atomic E-state index is 14.3. The molecule has 0 radical (unpaired) electrons. The molecule has 34 heavy (non-hydrogen) atoms. The van der Waals surface area contributed by atoms with Crippen LogP contribution in [-0.4, -0.2) is 25.9 Å². The first-order chi connectivity index (χ1) is 16.7. The van der Waals surface area contributed by atoms with Crippen LogP contribution in [0, 0.1) is 12.7 Å². The summed E-state index contributed by atoms with van der Waals surface area (Å²) in [5.41, 5.74) is 5.49. The van der Waals surface area contributed by atoms with Gasteiger partial charge in [0.15, 0.2) is 6.23 Å². The van der Waals surface area contributed by atoms with Crippen molar-refractivity contribution in [3.8, 4) is 11.6 Å². The first kappa shape index (κ1) is 20.9. The van der Waals surface area contributed by atoms with Crippen molar-refractivity contribution in [2.45, 2.75) is 39.0 Å². The monoisotopic (exact) mass is 456 g/mol. The van der Waals surface area contributed by atoms with Crippen molar-refractivity contribution in [2.24, 2.45) is 0 Å². The van der Waals surface area contributed by atoms with Crippen LogP contribution in [0.2, 0.25) is 0 Å². The molecule has 5 aromatic rings. The summed E-state index contributed by atoms with van der Waals surface area (Å²) in [5, 5.41) is 5.47. The molecule has 1 unspecified atom stereocenters. The molecule has 6 rings (SSSR count). The number of ether oxygens (including phenoxy) is 2. The van der Waals surface area contributed by atoms with E-state index in [2.05, 4.69) is 9.67 Å². The summed E-state index contributed by atoms with van der Waals surface area (Å²) >= 11 is 0. The van der Waals surface area contributed by atoms with Gasteiger partial charge in [-0.05, 0) is 56.0 Å². The fourth-order valence-electron chi connectivity index (χ4n) is 4.77. The predicted molar refractivity (Wildman–Crippen MR) is 129 cm³/mol. The molecule has 1 atom stereocenters. The van der Waals surface area contributed by atoms with E-state index < -0.39 is 0 Å². The van der Waals surface area contributed by atoms with E-state index in [1.165, 1.54) is 6.07 Å². The Labute approximate surface area is 196 Å². The van der Waals surface area contributed by atoms with Crippen molar-refractivity contribution < 1.29 is 13.9 Å². The van der Waals surface area contributed by atoms with Crippen molar-refractivity contribution in [3.63, 3.8) is 0 Å². The van der Waals surface area contributed by atoms with Crippen LogP contribution in [0.25, 0.3) is 27.6 Å². The van der Waals surface area contributed by atoms with Gasteiger partial charge in [-0.15, -0.1) is 0 Å². The number of pyridine rings is 1. The lowest BCUT2D eigenvalue weighted by Crippen LogP contribution is -2.18. The number of benzene rings is 2. The van der Waals surface area contributed by atoms with Crippen molar-refractivity contribution >= 4 is 21.9 Å². The molecule has 0 amide bonds. The number of halogens is 1. The third-order valence-corrected chi connectivity index (χ3v) is 6.40. The minimum atomic E-state index is -0.275. The Kier molecular flexibility index (Phi) is 5.26. The molecule has 0 bridgehead atoms. The van der Waals surface area contributed by atoms with E-state index in [1.54, 1.807) is 6.07 Å². The van der Waals surface area contributed by atoms with Gasteiger partial charge in [0.05, 0.1) is 34.1 Å². The van der Waals surface area contributed by atoms with E-state index in [-0.39, 0.29) is 12.0 Å². The molecule has 4 heterocycles. The third-order valence-electron chi connectivity index (χ3n) is 6.40. The molecule has 1 aliphatic rings. The molecule has 172 valence electrons. The molecule has 1 aliphatic heterocycles. The summed E-state index contributed by atoms with van der Waals surface area (Å²) in [6, 6.07) is 18.8. The van der Waals surface area contributed by atoms with Gasteiger partial charge in [0.1, 0.15) is 12.4 Å². The summed E-state index contributed by atoms with van der Waals surface area (Å²) in [6.07, 6.45) is 4.74. The van der Waals surface area contributed by atoms with Crippen LogP contribution in [-0.2, 0) is 11.3 Å². The zero-order valence-electron chi connectivity index (χ0n) is 18.9. The minimum Gasteiger partial charge on any atom is -0.473 e. The van der Waals surface area contributed by atoms with Crippen molar-refractivity contribution in [1.29, 1.82) is 0 Å². The molecule has 2 aromatic carbocycles. The Morgan fingerprint density at radius 2 is 1.94 bits per heavy atom. The van der Waals surface area contributed by atoms with Crippen LogP contribution >= 0.6 is 0 Å². The van der Waals surface area contributed by atoms with Gasteiger partial charge in [0, 0.05) is 18.1 Å². The van der Waals surface area contributed by atoms with E-state index in [1.807, 2.05) is 66.3 Å². The largest absolute Gasteiger partial charge is 0.473 e. The van der Waals surface area contributed by atoms with Crippen LogP contribution in [0.15, 0.2) is 66.9 Å². The molecular weight excluding hydrogens is 431 g/mol.